The molecule has 39 heavy (non-hydrogen) atoms. The number of nitro benzene ring substituents is 2. The van der Waals surface area contributed by atoms with Gasteiger partial charge in [0.2, 0.25) is 0 Å². The van der Waals surface area contributed by atoms with E-state index in [1.54, 1.807) is 18.2 Å². The van der Waals surface area contributed by atoms with Gasteiger partial charge < -0.3 is 9.47 Å². The van der Waals surface area contributed by atoms with Crippen LogP contribution in [0.1, 0.15) is 11.1 Å². The number of carbonyl (C=O) groups excluding carboxylic acids is 3. The molecule has 0 spiro atoms. The number of nitro groups is 2. The molecule has 14 heteroatoms. The summed E-state index contributed by atoms with van der Waals surface area (Å²) in [6, 6.07) is 12.8. The molecular weight excluding hydrogens is 627 g/mol. The Bertz CT molecular complexity index is 1540. The average molecular weight is 644 g/mol. The van der Waals surface area contributed by atoms with Crippen molar-refractivity contribution in [3.8, 4) is 11.5 Å². The van der Waals surface area contributed by atoms with Crippen LogP contribution in [0.4, 0.5) is 21.9 Å². The first-order chi connectivity index (χ1) is 18.6. The van der Waals surface area contributed by atoms with E-state index in [2.05, 4.69) is 5.32 Å². The second-order valence-electron chi connectivity index (χ2n) is 7.98. The molecule has 1 aliphatic heterocycles. The van der Waals surface area contributed by atoms with Crippen LogP contribution in [0.5, 0.6) is 11.5 Å². The Morgan fingerprint density at radius 2 is 1.54 bits per heavy atom. The molecule has 198 valence electrons. The molecule has 0 unspecified atom stereocenters. The van der Waals surface area contributed by atoms with Gasteiger partial charge in [-0.1, -0.05) is 0 Å². The lowest BCUT2D eigenvalue weighted by Gasteiger charge is -2.26. The standard InChI is InChI=1S/C25H17IN4O9/c1-38-21-12-15(11-20(26)22(21)39-13-14-2-4-17(5-3-14)29(34)35)10-19-23(31)27-25(33)28(24(19)32)16-6-8-18(9-7-16)30(36)37/h2-12H,13H2,1H3,(H,27,31,33)/b19-10+. The van der Waals surface area contributed by atoms with E-state index in [4.69, 9.17) is 9.47 Å². The number of benzene rings is 3. The van der Waals surface area contributed by atoms with E-state index in [0.29, 0.717) is 31.1 Å². The van der Waals surface area contributed by atoms with Crippen LogP contribution in [0.15, 0.2) is 66.2 Å². The number of barbiturate groups is 1. The smallest absolute Gasteiger partial charge is 0.335 e. The predicted molar refractivity (Wildman–Crippen MR) is 145 cm³/mol. The van der Waals surface area contributed by atoms with Crippen LogP contribution >= 0.6 is 22.6 Å². The second-order valence-corrected chi connectivity index (χ2v) is 9.14. The molecule has 1 heterocycles. The Balaban J connectivity index is 1.60. The summed E-state index contributed by atoms with van der Waals surface area (Å²) < 4.78 is 11.9. The number of hydrogen-bond acceptors (Lipinski definition) is 9. The van der Waals surface area contributed by atoms with Gasteiger partial charge in [0.05, 0.1) is 26.2 Å². The number of hydrogen-bond donors (Lipinski definition) is 1. The fourth-order valence-corrected chi connectivity index (χ4v) is 4.40. The highest BCUT2D eigenvalue weighted by Gasteiger charge is 2.37. The van der Waals surface area contributed by atoms with Gasteiger partial charge in [-0.25, -0.2) is 9.69 Å². The van der Waals surface area contributed by atoms with Crippen molar-refractivity contribution in [1.82, 2.24) is 5.32 Å². The summed E-state index contributed by atoms with van der Waals surface area (Å²) in [6.07, 6.45) is 1.29. The second kappa shape index (κ2) is 11.3. The minimum Gasteiger partial charge on any atom is -0.493 e. The Hall–Kier alpha value is -4.86. The number of anilines is 1. The first kappa shape index (κ1) is 27.2. The summed E-state index contributed by atoms with van der Waals surface area (Å²) in [5.74, 6) is -1.15. The number of methoxy groups -OCH3 is 1. The van der Waals surface area contributed by atoms with Gasteiger partial charge in [-0.05, 0) is 76.2 Å². The number of nitrogens with zero attached hydrogens (tertiary/aromatic N) is 3. The minimum atomic E-state index is -0.988. The molecule has 0 atom stereocenters. The molecule has 0 saturated carbocycles. The number of urea groups is 1. The molecule has 0 bridgehead atoms. The summed E-state index contributed by atoms with van der Waals surface area (Å²) >= 11 is 1.99. The van der Waals surface area contributed by atoms with Crippen LogP contribution in [-0.2, 0) is 16.2 Å². The largest absolute Gasteiger partial charge is 0.493 e. The lowest BCUT2D eigenvalue weighted by molar-refractivity contribution is -0.385. The Labute approximate surface area is 233 Å². The fraction of sp³-hybridized carbons (Fsp3) is 0.0800. The zero-order chi connectivity index (χ0) is 28.3. The van der Waals surface area contributed by atoms with Gasteiger partial charge in [0.15, 0.2) is 11.5 Å². The van der Waals surface area contributed by atoms with Crippen molar-refractivity contribution in [3.63, 3.8) is 0 Å². The fourth-order valence-electron chi connectivity index (χ4n) is 3.61. The number of non-ortho nitro benzene ring substituents is 2. The van der Waals surface area contributed by atoms with Gasteiger partial charge in [-0.3, -0.25) is 35.1 Å². The molecule has 0 aromatic heterocycles. The van der Waals surface area contributed by atoms with E-state index in [-0.39, 0.29) is 29.2 Å². The number of ether oxygens (including phenoxy) is 2. The molecule has 1 aliphatic rings. The molecule has 0 radical (unpaired) electrons. The quantitative estimate of drug-likeness (QED) is 0.123. The molecule has 13 nitrogen and oxygen atoms in total. The molecule has 4 amide bonds. The number of carbonyl (C=O) groups is 3. The van der Waals surface area contributed by atoms with Crippen LogP contribution in [-0.4, -0.2) is 34.8 Å². The van der Waals surface area contributed by atoms with Crippen molar-refractivity contribution >= 4 is 63.6 Å². The summed E-state index contributed by atoms with van der Waals surface area (Å²) in [6.45, 7) is 0.0952. The zero-order valence-electron chi connectivity index (χ0n) is 20.0. The molecule has 1 saturated heterocycles. The highest BCUT2D eigenvalue weighted by atomic mass is 127. The molecule has 0 aliphatic carbocycles. The van der Waals surface area contributed by atoms with E-state index in [1.807, 2.05) is 22.6 Å². The summed E-state index contributed by atoms with van der Waals surface area (Å²) in [5, 5.41) is 23.9. The maximum Gasteiger partial charge on any atom is 0.335 e. The number of amides is 4. The van der Waals surface area contributed by atoms with Crippen LogP contribution in [0.2, 0.25) is 0 Å². The SMILES string of the molecule is COc1cc(/C=C2\C(=O)NC(=O)N(c3ccc([N+](=O)[O-])cc3)C2=O)cc(I)c1OCc1ccc([N+](=O)[O-])cc1. The van der Waals surface area contributed by atoms with E-state index < -0.39 is 27.7 Å². The average Bonchev–Trinajstić information content (AvgIpc) is 2.90. The van der Waals surface area contributed by atoms with Crippen molar-refractivity contribution < 1.29 is 33.7 Å². The third-order valence-corrected chi connectivity index (χ3v) is 6.31. The van der Waals surface area contributed by atoms with Gasteiger partial charge in [-0.2, -0.15) is 0 Å². The Morgan fingerprint density at radius 1 is 0.949 bits per heavy atom. The van der Waals surface area contributed by atoms with Crippen molar-refractivity contribution in [2.45, 2.75) is 6.61 Å². The Kier molecular flexibility index (Phi) is 7.85. The maximum atomic E-state index is 13.1. The Morgan fingerprint density at radius 3 is 2.10 bits per heavy atom. The van der Waals surface area contributed by atoms with Gasteiger partial charge in [0, 0.05) is 24.3 Å². The zero-order valence-corrected chi connectivity index (χ0v) is 22.1. The van der Waals surface area contributed by atoms with E-state index in [0.717, 1.165) is 12.1 Å². The third-order valence-electron chi connectivity index (χ3n) is 5.51. The molecule has 3 aromatic rings. The first-order valence-electron chi connectivity index (χ1n) is 11.0. The first-order valence-corrected chi connectivity index (χ1v) is 12.1. The predicted octanol–water partition coefficient (Wildman–Crippen LogP) is 4.36. The third kappa shape index (κ3) is 5.85. The number of imide groups is 2. The highest BCUT2D eigenvalue weighted by Crippen LogP contribution is 2.36. The van der Waals surface area contributed by atoms with Crippen molar-refractivity contribution in [1.29, 1.82) is 0 Å². The van der Waals surface area contributed by atoms with Crippen molar-refractivity contribution in [2.75, 3.05) is 12.0 Å². The number of nitrogens with one attached hydrogen (secondary N) is 1. The van der Waals surface area contributed by atoms with Crippen molar-refractivity contribution in [2.24, 2.45) is 0 Å². The monoisotopic (exact) mass is 644 g/mol. The van der Waals surface area contributed by atoms with Gasteiger partial charge in [0.1, 0.15) is 12.2 Å². The normalized spacial score (nSPS) is 14.3. The maximum absolute atomic E-state index is 13.1. The van der Waals surface area contributed by atoms with E-state index in [1.165, 1.54) is 43.5 Å². The van der Waals surface area contributed by atoms with E-state index >= 15 is 0 Å². The summed E-state index contributed by atoms with van der Waals surface area (Å²) in [4.78, 5) is 59.4. The highest BCUT2D eigenvalue weighted by molar-refractivity contribution is 14.1. The minimum absolute atomic E-state index is 0.0431. The van der Waals surface area contributed by atoms with Crippen LogP contribution in [0.25, 0.3) is 6.08 Å². The van der Waals surface area contributed by atoms with Crippen LogP contribution in [0.3, 0.4) is 0 Å². The molecule has 3 aromatic carbocycles. The summed E-state index contributed by atoms with van der Waals surface area (Å²) in [7, 11) is 1.41. The lowest BCUT2D eigenvalue weighted by Crippen LogP contribution is -2.54. The van der Waals surface area contributed by atoms with Gasteiger partial charge in [-0.15, -0.1) is 0 Å². The molecule has 1 N–H and O–H groups in total. The topological polar surface area (TPSA) is 171 Å². The molecule has 1 fully saturated rings. The van der Waals surface area contributed by atoms with Crippen LogP contribution < -0.4 is 19.7 Å². The number of rotatable bonds is 8. The van der Waals surface area contributed by atoms with Crippen molar-refractivity contribution in [3.05, 3.63) is 101 Å². The number of halogens is 1. The lowest BCUT2D eigenvalue weighted by atomic mass is 10.1. The van der Waals surface area contributed by atoms with Gasteiger partial charge >= 0.3 is 6.03 Å². The van der Waals surface area contributed by atoms with Gasteiger partial charge in [0.25, 0.3) is 23.2 Å². The van der Waals surface area contributed by atoms with Crippen LogP contribution in [0, 0.1) is 23.8 Å². The molecule has 4 rings (SSSR count). The van der Waals surface area contributed by atoms with E-state index in [9.17, 15) is 34.6 Å². The molecular formula is C25H17IN4O9. The summed E-state index contributed by atoms with van der Waals surface area (Å²) in [5.41, 5.74) is 0.515.